The Morgan fingerprint density at radius 3 is 3.23 bits per heavy atom. The average Bonchev–Trinajstić information content (AvgIpc) is 2.74. The van der Waals surface area contributed by atoms with Crippen molar-refractivity contribution in [1.82, 2.24) is 9.59 Å². The predicted molar refractivity (Wildman–Crippen MR) is 57.1 cm³/mol. The van der Waals surface area contributed by atoms with E-state index in [0.29, 0.717) is 5.25 Å². The van der Waals surface area contributed by atoms with Crippen molar-refractivity contribution in [2.24, 2.45) is 5.73 Å². The highest BCUT2D eigenvalue weighted by atomic mass is 32.2. The second-order valence-electron chi connectivity index (χ2n) is 3.32. The molecule has 2 N–H and O–H groups in total. The molecular formula is C8H13N3S2. The van der Waals surface area contributed by atoms with Gasteiger partial charge in [-0.3, -0.25) is 0 Å². The third-order valence-electron chi connectivity index (χ3n) is 2.29. The second-order valence-corrected chi connectivity index (χ2v) is 5.27. The van der Waals surface area contributed by atoms with Gasteiger partial charge in [-0.1, -0.05) is 4.49 Å². The van der Waals surface area contributed by atoms with E-state index in [0.717, 1.165) is 12.1 Å². The maximum atomic E-state index is 6.09. The normalized spacial score (nSPS) is 24.8. The Labute approximate surface area is 86.3 Å². The van der Waals surface area contributed by atoms with Gasteiger partial charge in [0.1, 0.15) is 0 Å². The van der Waals surface area contributed by atoms with Crippen molar-refractivity contribution < 1.29 is 0 Å². The molecule has 2 heterocycles. The highest BCUT2D eigenvalue weighted by Gasteiger charge is 2.23. The van der Waals surface area contributed by atoms with Crippen LogP contribution in [0, 0.1) is 0 Å². The minimum atomic E-state index is 0.261. The van der Waals surface area contributed by atoms with Gasteiger partial charge in [0.25, 0.3) is 0 Å². The van der Waals surface area contributed by atoms with Gasteiger partial charge in [-0.25, -0.2) is 0 Å². The molecule has 2 rings (SSSR count). The van der Waals surface area contributed by atoms with E-state index >= 15 is 0 Å². The molecule has 2 unspecified atom stereocenters. The van der Waals surface area contributed by atoms with Crippen LogP contribution in [0.4, 0.5) is 0 Å². The lowest BCUT2D eigenvalue weighted by Gasteiger charge is -2.16. The van der Waals surface area contributed by atoms with Crippen LogP contribution in [0.15, 0.2) is 5.38 Å². The first-order valence-electron chi connectivity index (χ1n) is 4.49. The van der Waals surface area contributed by atoms with Crippen LogP contribution in [-0.2, 0) is 6.42 Å². The quantitative estimate of drug-likeness (QED) is 0.826. The molecular weight excluding hydrogens is 202 g/mol. The molecule has 5 heteroatoms. The van der Waals surface area contributed by atoms with E-state index in [4.69, 9.17) is 5.73 Å². The van der Waals surface area contributed by atoms with Crippen molar-refractivity contribution in [2.75, 3.05) is 5.75 Å². The van der Waals surface area contributed by atoms with E-state index in [-0.39, 0.29) is 6.04 Å². The van der Waals surface area contributed by atoms with Gasteiger partial charge < -0.3 is 5.73 Å². The first-order chi connectivity index (χ1) is 6.36. The van der Waals surface area contributed by atoms with Crippen molar-refractivity contribution in [2.45, 2.75) is 30.6 Å². The van der Waals surface area contributed by atoms with Gasteiger partial charge in [0.05, 0.1) is 5.69 Å². The number of nitrogens with two attached hydrogens (primary N) is 1. The summed E-state index contributed by atoms with van der Waals surface area (Å²) in [5.41, 5.74) is 7.13. The fourth-order valence-corrected chi connectivity index (χ4v) is 3.36. The summed E-state index contributed by atoms with van der Waals surface area (Å²) in [6, 6.07) is 0.261. The molecule has 0 aromatic carbocycles. The van der Waals surface area contributed by atoms with Crippen molar-refractivity contribution in [3.63, 3.8) is 0 Å². The van der Waals surface area contributed by atoms with Crippen molar-refractivity contribution in [3.8, 4) is 0 Å². The molecule has 1 aliphatic rings. The van der Waals surface area contributed by atoms with Gasteiger partial charge in [0, 0.05) is 23.1 Å². The average molecular weight is 215 g/mol. The lowest BCUT2D eigenvalue weighted by molar-refractivity contribution is 0.601. The molecule has 1 aromatic rings. The molecule has 3 nitrogen and oxygen atoms in total. The monoisotopic (exact) mass is 215 g/mol. The summed E-state index contributed by atoms with van der Waals surface area (Å²) in [5.74, 6) is 1.27. The highest BCUT2D eigenvalue weighted by Crippen LogP contribution is 2.28. The molecule has 0 saturated carbocycles. The van der Waals surface area contributed by atoms with E-state index in [1.807, 2.05) is 17.1 Å². The Kier molecular flexibility index (Phi) is 3.18. The van der Waals surface area contributed by atoms with E-state index in [9.17, 15) is 0 Å². The largest absolute Gasteiger partial charge is 0.326 e. The molecule has 1 aromatic heterocycles. The Balaban J connectivity index is 1.87. The zero-order valence-electron chi connectivity index (χ0n) is 7.35. The summed E-state index contributed by atoms with van der Waals surface area (Å²) in [6.07, 6.45) is 3.47. The minimum Gasteiger partial charge on any atom is -0.326 e. The third kappa shape index (κ3) is 2.42. The van der Waals surface area contributed by atoms with Crippen LogP contribution in [0.5, 0.6) is 0 Å². The molecule has 1 saturated heterocycles. The molecule has 0 aliphatic carbocycles. The number of thioether (sulfide) groups is 1. The fourth-order valence-electron chi connectivity index (χ4n) is 1.59. The smallest absolute Gasteiger partial charge is 0.0771 e. The van der Waals surface area contributed by atoms with Crippen LogP contribution in [0.1, 0.15) is 18.5 Å². The molecule has 1 aliphatic heterocycles. The maximum Gasteiger partial charge on any atom is 0.0771 e. The van der Waals surface area contributed by atoms with Crippen molar-refractivity contribution >= 4 is 23.3 Å². The summed E-state index contributed by atoms with van der Waals surface area (Å²) in [6.45, 7) is 0. The SMILES string of the molecule is NC(Cc1csnn1)C1CCCS1. The van der Waals surface area contributed by atoms with E-state index < -0.39 is 0 Å². The molecule has 0 bridgehead atoms. The summed E-state index contributed by atoms with van der Waals surface area (Å²) < 4.78 is 3.83. The van der Waals surface area contributed by atoms with Crippen molar-refractivity contribution in [1.29, 1.82) is 0 Å². The number of hydrogen-bond donors (Lipinski definition) is 1. The molecule has 13 heavy (non-hydrogen) atoms. The van der Waals surface area contributed by atoms with Gasteiger partial charge in [-0.05, 0) is 30.1 Å². The van der Waals surface area contributed by atoms with Crippen LogP contribution in [0.2, 0.25) is 0 Å². The lowest BCUT2D eigenvalue weighted by atomic mass is 10.1. The van der Waals surface area contributed by atoms with Crippen molar-refractivity contribution in [3.05, 3.63) is 11.1 Å². The molecule has 0 spiro atoms. The first-order valence-corrected chi connectivity index (χ1v) is 6.38. The second kappa shape index (κ2) is 4.39. The number of aromatic nitrogens is 2. The predicted octanol–water partition coefficient (Wildman–Crippen LogP) is 1.30. The molecule has 72 valence electrons. The zero-order valence-corrected chi connectivity index (χ0v) is 8.98. The molecule has 0 radical (unpaired) electrons. The van der Waals surface area contributed by atoms with Crippen LogP contribution in [0.3, 0.4) is 0 Å². The van der Waals surface area contributed by atoms with Gasteiger partial charge in [-0.2, -0.15) is 11.8 Å². The lowest BCUT2D eigenvalue weighted by Crippen LogP contribution is -2.33. The Morgan fingerprint density at radius 1 is 1.69 bits per heavy atom. The van der Waals surface area contributed by atoms with Gasteiger partial charge in [-0.15, -0.1) is 5.10 Å². The highest BCUT2D eigenvalue weighted by molar-refractivity contribution is 8.00. The van der Waals surface area contributed by atoms with Crippen LogP contribution < -0.4 is 5.73 Å². The number of hydrogen-bond acceptors (Lipinski definition) is 5. The summed E-state index contributed by atoms with van der Waals surface area (Å²) >= 11 is 3.40. The molecule has 2 atom stereocenters. The third-order valence-corrected chi connectivity index (χ3v) is 4.38. The minimum absolute atomic E-state index is 0.261. The van der Waals surface area contributed by atoms with Gasteiger partial charge in [0.2, 0.25) is 0 Å². The summed E-state index contributed by atoms with van der Waals surface area (Å²) in [5, 5.41) is 6.63. The Bertz CT molecular complexity index is 244. The summed E-state index contributed by atoms with van der Waals surface area (Å²) in [7, 11) is 0. The van der Waals surface area contributed by atoms with E-state index in [2.05, 4.69) is 9.59 Å². The number of nitrogens with zero attached hydrogens (tertiary/aromatic N) is 2. The Morgan fingerprint density at radius 2 is 2.62 bits per heavy atom. The van der Waals surface area contributed by atoms with E-state index in [1.165, 1.54) is 30.1 Å². The van der Waals surface area contributed by atoms with Crippen LogP contribution >= 0.6 is 23.3 Å². The zero-order chi connectivity index (χ0) is 9.10. The number of rotatable bonds is 3. The molecule has 1 fully saturated rings. The van der Waals surface area contributed by atoms with E-state index in [1.54, 1.807) is 0 Å². The summed E-state index contributed by atoms with van der Waals surface area (Å²) in [4.78, 5) is 0. The van der Waals surface area contributed by atoms with Crippen LogP contribution in [0.25, 0.3) is 0 Å². The first kappa shape index (κ1) is 9.43. The molecule has 0 amide bonds. The fraction of sp³-hybridized carbons (Fsp3) is 0.750. The maximum absolute atomic E-state index is 6.09. The topological polar surface area (TPSA) is 51.8 Å². The standard InChI is InChI=1S/C8H13N3S2/c9-7(8-2-1-3-12-8)4-6-5-13-11-10-6/h5,7-8H,1-4,9H2. The van der Waals surface area contributed by atoms with Crippen LogP contribution in [-0.4, -0.2) is 26.6 Å². The van der Waals surface area contributed by atoms with Gasteiger partial charge >= 0.3 is 0 Å². The van der Waals surface area contributed by atoms with Gasteiger partial charge in [0.15, 0.2) is 0 Å². The Hall–Kier alpha value is -0.130.